The van der Waals surface area contributed by atoms with E-state index in [1.165, 1.54) is 0 Å². The molecule has 2 rings (SSSR count). The summed E-state index contributed by atoms with van der Waals surface area (Å²) in [5, 5.41) is 0. The van der Waals surface area contributed by atoms with E-state index >= 15 is 0 Å². The third kappa shape index (κ3) is 4.13. The minimum atomic E-state index is -0.469. The summed E-state index contributed by atoms with van der Waals surface area (Å²) in [7, 11) is 0. The van der Waals surface area contributed by atoms with Crippen LogP contribution < -0.4 is 0 Å². The number of ether oxygens (including phenoxy) is 1. The summed E-state index contributed by atoms with van der Waals surface area (Å²) < 4.78 is 5.06. The normalized spacial score (nSPS) is 18.4. The number of esters is 1. The van der Waals surface area contributed by atoms with Crippen molar-refractivity contribution >= 4 is 17.8 Å². The molecule has 0 aromatic rings. The van der Waals surface area contributed by atoms with Crippen molar-refractivity contribution in [3.05, 3.63) is 0 Å². The largest absolute Gasteiger partial charge is 0.461 e. The zero-order valence-electron chi connectivity index (χ0n) is 10.4. The highest BCUT2D eigenvalue weighted by atomic mass is 16.5. The van der Waals surface area contributed by atoms with E-state index in [1.807, 2.05) is 13.8 Å². The van der Waals surface area contributed by atoms with Crippen LogP contribution in [0.4, 0.5) is 0 Å². The van der Waals surface area contributed by atoms with E-state index in [1.54, 1.807) is 0 Å². The lowest BCUT2D eigenvalue weighted by atomic mass is 9.96. The van der Waals surface area contributed by atoms with Gasteiger partial charge < -0.3 is 4.74 Å². The number of nitrogens with zero attached hydrogens (tertiary/aromatic N) is 1. The zero-order chi connectivity index (χ0) is 12.8. The first-order valence-electron chi connectivity index (χ1n) is 6.19. The minimum absolute atomic E-state index is 0. The van der Waals surface area contributed by atoms with Crippen LogP contribution in [-0.2, 0) is 19.1 Å². The molecule has 1 aliphatic carbocycles. The lowest BCUT2D eigenvalue weighted by molar-refractivity contribution is -0.159. The summed E-state index contributed by atoms with van der Waals surface area (Å²) in [4.78, 5) is 34.7. The van der Waals surface area contributed by atoms with Crippen LogP contribution in [0.1, 0.15) is 53.4 Å². The van der Waals surface area contributed by atoms with Crippen molar-refractivity contribution in [3.63, 3.8) is 0 Å². The third-order valence-corrected chi connectivity index (χ3v) is 2.79. The third-order valence-electron chi connectivity index (χ3n) is 2.79. The van der Waals surface area contributed by atoms with Gasteiger partial charge in [0.2, 0.25) is 11.8 Å². The summed E-state index contributed by atoms with van der Waals surface area (Å²) in [5.41, 5.74) is 0. The van der Waals surface area contributed by atoms with E-state index in [4.69, 9.17) is 4.74 Å². The van der Waals surface area contributed by atoms with Gasteiger partial charge in [-0.25, -0.2) is 0 Å². The Morgan fingerprint density at radius 2 is 1.72 bits per heavy atom. The Morgan fingerprint density at radius 3 is 2.11 bits per heavy atom. The predicted molar refractivity (Wildman–Crippen MR) is 67.8 cm³/mol. The van der Waals surface area contributed by atoms with Crippen LogP contribution in [0, 0.1) is 0 Å². The van der Waals surface area contributed by atoms with Crippen LogP contribution in [0.25, 0.3) is 0 Å². The first-order valence-corrected chi connectivity index (χ1v) is 6.19. The van der Waals surface area contributed by atoms with Gasteiger partial charge >= 0.3 is 5.97 Å². The Labute approximate surface area is 108 Å². The summed E-state index contributed by atoms with van der Waals surface area (Å²) >= 11 is 0. The lowest BCUT2D eigenvalue weighted by Gasteiger charge is -2.25. The predicted octanol–water partition coefficient (Wildman–Crippen LogP) is 1.89. The molecule has 1 heterocycles. The van der Waals surface area contributed by atoms with Crippen molar-refractivity contribution in [2.24, 2.45) is 0 Å². The fourth-order valence-electron chi connectivity index (χ4n) is 1.64. The number of carbonyl (C=O) groups excluding carboxylic acids is 3. The number of hydrogen-bond acceptors (Lipinski definition) is 4. The van der Waals surface area contributed by atoms with Crippen molar-refractivity contribution in [2.75, 3.05) is 6.54 Å². The number of imide groups is 1. The molecule has 5 heteroatoms. The molecule has 0 aromatic carbocycles. The summed E-state index contributed by atoms with van der Waals surface area (Å²) in [6.07, 6.45) is 3.32. The topological polar surface area (TPSA) is 63.7 Å². The number of rotatable bonds is 3. The molecule has 0 bridgehead atoms. The van der Waals surface area contributed by atoms with Crippen LogP contribution in [-0.4, -0.2) is 35.3 Å². The number of hydrogen-bond donors (Lipinski definition) is 0. The molecule has 0 aromatic heterocycles. The first kappa shape index (κ1) is 16.6. The first-order chi connectivity index (χ1) is 8.16. The molecule has 1 aliphatic heterocycles. The van der Waals surface area contributed by atoms with Crippen LogP contribution in [0.3, 0.4) is 0 Å². The molecule has 1 saturated carbocycles. The zero-order valence-corrected chi connectivity index (χ0v) is 10.4. The van der Waals surface area contributed by atoms with Gasteiger partial charge in [0, 0.05) is 12.8 Å². The van der Waals surface area contributed by atoms with Gasteiger partial charge in [-0.05, 0) is 19.3 Å². The lowest BCUT2D eigenvalue weighted by Crippen LogP contribution is -2.37. The van der Waals surface area contributed by atoms with Crippen molar-refractivity contribution < 1.29 is 19.1 Å². The van der Waals surface area contributed by atoms with Gasteiger partial charge in [-0.1, -0.05) is 21.3 Å². The van der Waals surface area contributed by atoms with Gasteiger partial charge in [-0.2, -0.15) is 0 Å². The fourth-order valence-corrected chi connectivity index (χ4v) is 1.64. The highest BCUT2D eigenvalue weighted by molar-refractivity contribution is 6.04. The molecule has 0 radical (unpaired) electrons. The number of likely N-dealkylation sites (tertiary alicyclic amines) is 1. The second kappa shape index (κ2) is 7.84. The number of amides is 2. The molecule has 5 nitrogen and oxygen atoms in total. The van der Waals surface area contributed by atoms with Gasteiger partial charge in [-0.15, -0.1) is 0 Å². The molecular formula is C13H23NO4. The average molecular weight is 257 g/mol. The van der Waals surface area contributed by atoms with Crippen LogP contribution in [0.5, 0.6) is 0 Å². The Balaban J connectivity index is 0.000000917. The molecule has 0 spiro atoms. The van der Waals surface area contributed by atoms with E-state index in [9.17, 15) is 14.4 Å². The van der Waals surface area contributed by atoms with Crippen LogP contribution in [0.15, 0.2) is 0 Å². The molecule has 104 valence electrons. The highest BCUT2D eigenvalue weighted by Gasteiger charge is 2.32. The summed E-state index contributed by atoms with van der Waals surface area (Å²) in [6.45, 7) is 3.79. The maximum atomic E-state index is 11.3. The molecule has 1 saturated heterocycles. The van der Waals surface area contributed by atoms with Crippen molar-refractivity contribution in [2.45, 2.75) is 59.5 Å². The molecule has 0 N–H and O–H groups in total. The maximum Gasteiger partial charge on any atom is 0.326 e. The molecular weight excluding hydrogens is 234 g/mol. The Bertz CT molecular complexity index is 294. The highest BCUT2D eigenvalue weighted by Crippen LogP contribution is 2.22. The number of carbonyl (C=O) groups is 3. The van der Waals surface area contributed by atoms with Crippen molar-refractivity contribution in [1.82, 2.24) is 4.90 Å². The molecule has 2 amide bonds. The SMILES string of the molecule is C.CC.O=C(CN1C(=O)CCC1=O)OC1CCC1. The van der Waals surface area contributed by atoms with Gasteiger partial charge in [0.1, 0.15) is 12.6 Å². The Hall–Kier alpha value is -1.39. The average Bonchev–Trinajstić information content (AvgIpc) is 2.58. The molecule has 2 aliphatic rings. The van der Waals surface area contributed by atoms with Gasteiger partial charge in [0.05, 0.1) is 0 Å². The summed E-state index contributed by atoms with van der Waals surface area (Å²) in [5.74, 6) is -1.01. The monoisotopic (exact) mass is 257 g/mol. The Kier molecular flexibility index (Phi) is 7.24. The second-order valence-electron chi connectivity index (χ2n) is 3.92. The minimum Gasteiger partial charge on any atom is -0.461 e. The standard InChI is InChI=1S/C10H13NO4.C2H6.CH4/c12-8-4-5-9(13)11(8)6-10(14)15-7-2-1-3-7;1-2;/h7H,1-6H2;1-2H3;1H4. The molecule has 2 fully saturated rings. The molecule has 18 heavy (non-hydrogen) atoms. The van der Waals surface area contributed by atoms with E-state index in [0.29, 0.717) is 0 Å². The van der Waals surface area contributed by atoms with E-state index < -0.39 is 5.97 Å². The van der Waals surface area contributed by atoms with E-state index in [0.717, 1.165) is 24.2 Å². The molecule has 0 atom stereocenters. The van der Waals surface area contributed by atoms with E-state index in [-0.39, 0.29) is 44.7 Å². The second-order valence-corrected chi connectivity index (χ2v) is 3.92. The quantitative estimate of drug-likeness (QED) is 0.572. The van der Waals surface area contributed by atoms with Crippen molar-refractivity contribution in [3.8, 4) is 0 Å². The van der Waals surface area contributed by atoms with Gasteiger partial charge in [0.25, 0.3) is 0 Å². The van der Waals surface area contributed by atoms with Crippen LogP contribution in [0.2, 0.25) is 0 Å². The van der Waals surface area contributed by atoms with Crippen molar-refractivity contribution in [1.29, 1.82) is 0 Å². The van der Waals surface area contributed by atoms with E-state index in [2.05, 4.69) is 0 Å². The van der Waals surface area contributed by atoms with Crippen LogP contribution >= 0.6 is 0 Å². The van der Waals surface area contributed by atoms with Gasteiger partial charge in [0.15, 0.2) is 0 Å². The summed E-state index contributed by atoms with van der Waals surface area (Å²) in [6, 6.07) is 0. The van der Waals surface area contributed by atoms with Gasteiger partial charge in [-0.3, -0.25) is 19.3 Å². The Morgan fingerprint density at radius 1 is 1.22 bits per heavy atom. The smallest absolute Gasteiger partial charge is 0.326 e. The fraction of sp³-hybridized carbons (Fsp3) is 0.769. The molecule has 0 unspecified atom stereocenters. The maximum absolute atomic E-state index is 11.3.